The molecule has 0 radical (unpaired) electrons. The van der Waals surface area contributed by atoms with Crippen LogP contribution in [-0.2, 0) is 15.1 Å². The van der Waals surface area contributed by atoms with Gasteiger partial charge < -0.3 is 20.6 Å². The van der Waals surface area contributed by atoms with Gasteiger partial charge in [-0.05, 0) is 48.8 Å². The van der Waals surface area contributed by atoms with Gasteiger partial charge in [-0.25, -0.2) is 9.18 Å². The van der Waals surface area contributed by atoms with E-state index in [-0.39, 0.29) is 36.6 Å². The van der Waals surface area contributed by atoms with Crippen molar-refractivity contribution in [2.24, 2.45) is 5.92 Å². The number of nitrogens with zero attached hydrogens (tertiary/aromatic N) is 2. The SMILES string of the molecule is CC(=O)N(C)[C@H]1CC[C@H](CC(=O)Nc2cnc(-c3ccc([C@]4(NC(=O)O)C[C@H](F)C4)cc3)c(-c3ccccc3)c2)CC1. The summed E-state index contributed by atoms with van der Waals surface area (Å²) in [6.45, 7) is 1.59. The minimum absolute atomic E-state index is 0.0563. The first-order valence-corrected chi connectivity index (χ1v) is 14.5. The summed E-state index contributed by atoms with van der Waals surface area (Å²) >= 11 is 0. The Morgan fingerprint density at radius 2 is 1.67 bits per heavy atom. The third kappa shape index (κ3) is 6.45. The summed E-state index contributed by atoms with van der Waals surface area (Å²) in [5, 5.41) is 14.8. The molecule has 220 valence electrons. The summed E-state index contributed by atoms with van der Waals surface area (Å²) in [5.41, 5.74) is 3.74. The molecule has 9 heteroatoms. The molecule has 2 aliphatic rings. The molecule has 2 fully saturated rings. The number of nitrogens with one attached hydrogen (secondary N) is 2. The summed E-state index contributed by atoms with van der Waals surface area (Å²) in [7, 11) is 1.84. The van der Waals surface area contributed by atoms with Gasteiger partial charge in [0, 0.05) is 50.4 Å². The van der Waals surface area contributed by atoms with Gasteiger partial charge in [-0.2, -0.15) is 0 Å². The molecule has 2 aromatic carbocycles. The number of halogens is 1. The molecule has 0 bridgehead atoms. The molecule has 8 nitrogen and oxygen atoms in total. The average Bonchev–Trinajstić information content (AvgIpc) is 2.96. The summed E-state index contributed by atoms with van der Waals surface area (Å²) in [6, 6.07) is 19.4. The molecule has 0 atom stereocenters. The zero-order chi connectivity index (χ0) is 29.9. The van der Waals surface area contributed by atoms with Gasteiger partial charge in [-0.3, -0.25) is 14.6 Å². The lowest BCUT2D eigenvalue weighted by molar-refractivity contribution is -0.130. The molecule has 0 unspecified atom stereocenters. The number of rotatable bonds is 8. The molecule has 3 aromatic rings. The van der Waals surface area contributed by atoms with Crippen molar-refractivity contribution in [1.29, 1.82) is 0 Å². The van der Waals surface area contributed by atoms with Crippen molar-refractivity contribution in [3.8, 4) is 22.4 Å². The van der Waals surface area contributed by atoms with Crippen LogP contribution in [0.1, 0.15) is 57.4 Å². The highest BCUT2D eigenvalue weighted by molar-refractivity contribution is 5.93. The van der Waals surface area contributed by atoms with Gasteiger partial charge in [0.25, 0.3) is 0 Å². The van der Waals surface area contributed by atoms with Crippen molar-refractivity contribution < 1.29 is 23.9 Å². The van der Waals surface area contributed by atoms with Crippen molar-refractivity contribution in [2.75, 3.05) is 12.4 Å². The smallest absolute Gasteiger partial charge is 0.405 e. The van der Waals surface area contributed by atoms with E-state index in [2.05, 4.69) is 10.6 Å². The number of carbonyl (C=O) groups is 3. The van der Waals surface area contributed by atoms with Crippen molar-refractivity contribution in [3.63, 3.8) is 0 Å². The quantitative estimate of drug-likeness (QED) is 0.290. The van der Waals surface area contributed by atoms with Crippen molar-refractivity contribution in [2.45, 2.75) is 69.6 Å². The van der Waals surface area contributed by atoms with Crippen LogP contribution in [0, 0.1) is 5.92 Å². The van der Waals surface area contributed by atoms with Crippen LogP contribution in [0.15, 0.2) is 66.9 Å². The average molecular weight is 573 g/mol. The molecule has 5 rings (SSSR count). The van der Waals surface area contributed by atoms with Gasteiger partial charge >= 0.3 is 6.09 Å². The van der Waals surface area contributed by atoms with Crippen molar-refractivity contribution in [3.05, 3.63) is 72.4 Å². The topological polar surface area (TPSA) is 112 Å². The molecule has 3 N–H and O–H groups in total. The van der Waals surface area contributed by atoms with E-state index in [1.54, 1.807) is 18.0 Å². The number of benzene rings is 2. The third-order valence-corrected chi connectivity index (χ3v) is 8.79. The summed E-state index contributed by atoms with van der Waals surface area (Å²) in [4.78, 5) is 42.6. The van der Waals surface area contributed by atoms with Gasteiger partial charge in [0.05, 0.1) is 23.1 Å². The van der Waals surface area contributed by atoms with Crippen LogP contribution in [0.2, 0.25) is 0 Å². The highest BCUT2D eigenvalue weighted by Crippen LogP contribution is 2.44. The highest BCUT2D eigenvalue weighted by Gasteiger charge is 2.47. The number of pyridine rings is 1. The van der Waals surface area contributed by atoms with Crippen LogP contribution < -0.4 is 10.6 Å². The van der Waals surface area contributed by atoms with Gasteiger partial charge in [0.15, 0.2) is 0 Å². The minimum atomic E-state index is -1.18. The van der Waals surface area contributed by atoms with Crippen LogP contribution in [0.5, 0.6) is 0 Å². The predicted octanol–water partition coefficient (Wildman–Crippen LogP) is 6.38. The van der Waals surface area contributed by atoms with Crippen LogP contribution >= 0.6 is 0 Å². The number of hydrogen-bond donors (Lipinski definition) is 3. The Hall–Kier alpha value is -4.27. The zero-order valence-corrected chi connectivity index (χ0v) is 24.0. The van der Waals surface area contributed by atoms with Gasteiger partial charge in [0.1, 0.15) is 6.17 Å². The van der Waals surface area contributed by atoms with E-state index in [0.29, 0.717) is 12.1 Å². The van der Waals surface area contributed by atoms with E-state index in [9.17, 15) is 23.9 Å². The second-order valence-corrected chi connectivity index (χ2v) is 11.6. The van der Waals surface area contributed by atoms with E-state index in [1.807, 2.05) is 67.7 Å². The summed E-state index contributed by atoms with van der Waals surface area (Å²) < 4.78 is 13.8. The van der Waals surface area contributed by atoms with Crippen LogP contribution in [0.25, 0.3) is 22.4 Å². The van der Waals surface area contributed by atoms with Crippen LogP contribution in [0.3, 0.4) is 0 Å². The monoisotopic (exact) mass is 572 g/mol. The predicted molar refractivity (Wildman–Crippen MR) is 160 cm³/mol. The molecule has 42 heavy (non-hydrogen) atoms. The fraction of sp³-hybridized carbons (Fsp3) is 0.394. The molecule has 2 saturated carbocycles. The maximum Gasteiger partial charge on any atom is 0.405 e. The molecule has 1 heterocycles. The number of carboxylic acid groups (broad SMARTS) is 1. The maximum absolute atomic E-state index is 13.8. The normalized spacial score (nSPS) is 23.4. The molecule has 3 amide bonds. The summed E-state index contributed by atoms with van der Waals surface area (Å²) in [5.74, 6) is 0.298. The van der Waals surface area contributed by atoms with Gasteiger partial charge in [-0.15, -0.1) is 0 Å². The number of aromatic nitrogens is 1. The maximum atomic E-state index is 13.8. The van der Waals surface area contributed by atoms with E-state index >= 15 is 0 Å². The summed E-state index contributed by atoms with van der Waals surface area (Å²) in [6.07, 6.45) is 3.71. The Morgan fingerprint density at radius 1 is 1.00 bits per heavy atom. The highest BCUT2D eigenvalue weighted by atomic mass is 19.1. The van der Waals surface area contributed by atoms with E-state index in [1.165, 1.54) is 0 Å². The lowest BCUT2D eigenvalue weighted by Gasteiger charge is -2.44. The van der Waals surface area contributed by atoms with Gasteiger partial charge in [0.2, 0.25) is 11.8 Å². The Labute approximate surface area is 245 Å². The van der Waals surface area contributed by atoms with Crippen molar-refractivity contribution in [1.82, 2.24) is 15.2 Å². The van der Waals surface area contributed by atoms with E-state index < -0.39 is 17.8 Å². The Morgan fingerprint density at radius 3 is 2.26 bits per heavy atom. The number of alkyl halides is 1. The first-order valence-electron chi connectivity index (χ1n) is 14.5. The Balaban J connectivity index is 1.32. The zero-order valence-electron chi connectivity index (χ0n) is 24.0. The lowest BCUT2D eigenvalue weighted by Crippen LogP contribution is -2.55. The molecule has 0 spiro atoms. The molecule has 0 aliphatic heterocycles. The molecule has 0 saturated heterocycles. The lowest BCUT2D eigenvalue weighted by atomic mass is 9.70. The molecular weight excluding hydrogens is 535 g/mol. The molecule has 2 aliphatic carbocycles. The second-order valence-electron chi connectivity index (χ2n) is 11.6. The fourth-order valence-electron chi connectivity index (χ4n) is 6.33. The fourth-order valence-corrected chi connectivity index (χ4v) is 6.33. The van der Waals surface area contributed by atoms with Crippen LogP contribution in [-0.4, -0.2) is 52.2 Å². The van der Waals surface area contributed by atoms with Crippen molar-refractivity contribution >= 4 is 23.6 Å². The number of amides is 3. The second kappa shape index (κ2) is 12.3. The molecular formula is C33H37FN4O4. The number of anilines is 1. The Bertz CT molecular complexity index is 1430. The first-order chi connectivity index (χ1) is 20.1. The first kappa shape index (κ1) is 29.2. The number of hydrogen-bond acceptors (Lipinski definition) is 4. The Kier molecular flexibility index (Phi) is 8.56. The largest absolute Gasteiger partial charge is 0.465 e. The van der Waals surface area contributed by atoms with Gasteiger partial charge in [-0.1, -0.05) is 54.6 Å². The minimum Gasteiger partial charge on any atom is -0.465 e. The number of carbonyl (C=O) groups excluding carboxylic acids is 2. The van der Waals surface area contributed by atoms with E-state index in [4.69, 9.17) is 4.98 Å². The molecule has 1 aromatic heterocycles. The van der Waals surface area contributed by atoms with E-state index in [0.717, 1.165) is 53.6 Å². The third-order valence-electron chi connectivity index (χ3n) is 8.79. The standard InChI is InChI=1S/C33H37FN4O4/c1-21(39)38(2)28-14-8-22(9-15-28)16-30(40)36-27-17-29(23-6-4-3-5-7-23)31(35-20-27)24-10-12-25(13-11-24)33(37-32(41)42)18-26(34)19-33/h3-7,10-13,17,20,22,26,28,37H,8-9,14-16,18-19H2,1-2H3,(H,36,40)(H,41,42)/t22-,26-,28-,33-. The van der Waals surface area contributed by atoms with Crippen LogP contribution in [0.4, 0.5) is 14.9 Å².